The quantitative estimate of drug-likeness (QED) is 0.794. The van der Waals surface area contributed by atoms with Gasteiger partial charge in [0.05, 0.1) is 30.9 Å². The molecule has 0 atom stereocenters. The molecule has 2 N–H and O–H groups in total. The first-order valence-corrected chi connectivity index (χ1v) is 8.54. The molecule has 0 unspecified atom stereocenters. The number of sulfonamides is 1. The van der Waals surface area contributed by atoms with Crippen molar-refractivity contribution < 1.29 is 13.2 Å². The van der Waals surface area contributed by atoms with Crippen LogP contribution in [0, 0.1) is 0 Å². The van der Waals surface area contributed by atoms with E-state index in [0.717, 1.165) is 6.26 Å². The van der Waals surface area contributed by atoms with Crippen molar-refractivity contribution in [3.8, 4) is 5.75 Å². The highest BCUT2D eigenvalue weighted by atomic mass is 35.5. The third-order valence-electron chi connectivity index (χ3n) is 2.49. The molecule has 0 saturated carbocycles. The molecular weight excluding hydrogens is 351 g/mol. The lowest BCUT2D eigenvalue weighted by Gasteiger charge is -2.14. The lowest BCUT2D eigenvalue weighted by Crippen LogP contribution is -2.11. The number of hydrogen-bond donors (Lipinski definition) is 2. The number of benzene rings is 1. The second-order valence-corrected chi connectivity index (χ2v) is 6.74. The standard InChI is InChI=1S/C12H12Cl2N4O3S/c1-21-7-3-4-9(18-22(2,19)20)10(5-7)16-11-8(13)6-15-12(14)17-11/h3-6,18H,1-2H3,(H,15,16,17). The molecule has 1 aromatic carbocycles. The van der Waals surface area contributed by atoms with Crippen LogP contribution >= 0.6 is 23.2 Å². The van der Waals surface area contributed by atoms with Crippen molar-refractivity contribution in [1.29, 1.82) is 0 Å². The third-order valence-corrected chi connectivity index (χ3v) is 3.54. The Balaban J connectivity index is 2.45. The molecule has 1 heterocycles. The van der Waals surface area contributed by atoms with Crippen LogP contribution in [0.15, 0.2) is 24.4 Å². The van der Waals surface area contributed by atoms with E-state index in [4.69, 9.17) is 27.9 Å². The zero-order valence-electron chi connectivity index (χ0n) is 11.6. The summed E-state index contributed by atoms with van der Waals surface area (Å²) in [6, 6.07) is 4.77. The average Bonchev–Trinajstić information content (AvgIpc) is 2.43. The Kier molecular flexibility index (Phi) is 4.94. The van der Waals surface area contributed by atoms with Crippen LogP contribution in [-0.4, -0.2) is 31.8 Å². The molecule has 0 aliphatic rings. The Bertz CT molecular complexity index is 799. The summed E-state index contributed by atoms with van der Waals surface area (Å²) in [5, 5.41) is 3.15. The van der Waals surface area contributed by atoms with Crippen LogP contribution in [-0.2, 0) is 10.0 Å². The maximum Gasteiger partial charge on any atom is 0.229 e. The van der Waals surface area contributed by atoms with E-state index in [0.29, 0.717) is 17.1 Å². The van der Waals surface area contributed by atoms with Crippen LogP contribution in [0.2, 0.25) is 10.3 Å². The van der Waals surface area contributed by atoms with Gasteiger partial charge in [0, 0.05) is 6.07 Å². The van der Waals surface area contributed by atoms with Crippen LogP contribution in [0.4, 0.5) is 17.2 Å². The predicted molar refractivity (Wildman–Crippen MR) is 86.8 cm³/mol. The van der Waals surface area contributed by atoms with Gasteiger partial charge < -0.3 is 10.1 Å². The smallest absolute Gasteiger partial charge is 0.229 e. The molecule has 10 heteroatoms. The van der Waals surface area contributed by atoms with Gasteiger partial charge in [0.25, 0.3) is 0 Å². The molecule has 7 nitrogen and oxygen atoms in total. The van der Waals surface area contributed by atoms with Crippen LogP contribution < -0.4 is 14.8 Å². The molecule has 0 aliphatic heterocycles. The SMILES string of the molecule is COc1ccc(NS(C)(=O)=O)c(Nc2nc(Cl)ncc2Cl)c1. The summed E-state index contributed by atoms with van der Waals surface area (Å²) in [5.74, 6) is 0.768. The minimum Gasteiger partial charge on any atom is -0.497 e. The number of nitrogens with one attached hydrogen (secondary N) is 2. The van der Waals surface area contributed by atoms with Gasteiger partial charge in [-0.3, -0.25) is 4.72 Å². The predicted octanol–water partition coefficient (Wildman–Crippen LogP) is 2.91. The largest absolute Gasteiger partial charge is 0.497 e. The van der Waals surface area contributed by atoms with Crippen LogP contribution in [0.25, 0.3) is 0 Å². The summed E-state index contributed by atoms with van der Waals surface area (Å²) >= 11 is 11.7. The fourth-order valence-electron chi connectivity index (χ4n) is 1.60. The first kappa shape index (κ1) is 16.6. The molecule has 2 rings (SSSR count). The van der Waals surface area contributed by atoms with E-state index in [2.05, 4.69) is 20.0 Å². The van der Waals surface area contributed by atoms with E-state index < -0.39 is 10.0 Å². The number of methoxy groups -OCH3 is 1. The lowest BCUT2D eigenvalue weighted by molar-refractivity contribution is 0.415. The Morgan fingerprint density at radius 1 is 1.23 bits per heavy atom. The Morgan fingerprint density at radius 3 is 2.59 bits per heavy atom. The van der Waals surface area contributed by atoms with Crippen molar-refractivity contribution in [2.45, 2.75) is 0 Å². The van der Waals surface area contributed by atoms with Gasteiger partial charge in [-0.25, -0.2) is 13.4 Å². The summed E-state index contributed by atoms with van der Waals surface area (Å²) in [7, 11) is -1.96. The summed E-state index contributed by atoms with van der Waals surface area (Å²) < 4.78 is 30.4. The summed E-state index contributed by atoms with van der Waals surface area (Å²) in [6.07, 6.45) is 2.39. The van der Waals surface area contributed by atoms with Gasteiger partial charge in [-0.05, 0) is 23.7 Å². The van der Waals surface area contributed by atoms with Gasteiger partial charge in [-0.1, -0.05) is 11.6 Å². The third kappa shape index (κ3) is 4.36. The topological polar surface area (TPSA) is 93.2 Å². The number of rotatable bonds is 5. The second kappa shape index (κ2) is 6.55. The van der Waals surface area contributed by atoms with Crippen molar-refractivity contribution in [3.63, 3.8) is 0 Å². The van der Waals surface area contributed by atoms with Crippen LogP contribution in [0.1, 0.15) is 0 Å². The lowest BCUT2D eigenvalue weighted by atomic mass is 10.2. The first-order valence-electron chi connectivity index (χ1n) is 5.89. The van der Waals surface area contributed by atoms with Crippen molar-refractivity contribution in [2.75, 3.05) is 23.4 Å². The Morgan fingerprint density at radius 2 is 1.95 bits per heavy atom. The van der Waals surface area contributed by atoms with Crippen molar-refractivity contribution in [3.05, 3.63) is 34.7 Å². The van der Waals surface area contributed by atoms with Crippen LogP contribution in [0.3, 0.4) is 0 Å². The number of aromatic nitrogens is 2. The normalized spacial score (nSPS) is 11.1. The molecule has 2 aromatic rings. The van der Waals surface area contributed by atoms with Crippen molar-refractivity contribution in [2.24, 2.45) is 0 Å². The van der Waals surface area contributed by atoms with E-state index in [1.807, 2.05) is 0 Å². The highest BCUT2D eigenvalue weighted by Crippen LogP contribution is 2.32. The summed E-state index contributed by atoms with van der Waals surface area (Å²) in [4.78, 5) is 7.70. The molecular formula is C12H12Cl2N4O3S. The van der Waals surface area contributed by atoms with Crippen molar-refractivity contribution >= 4 is 50.4 Å². The number of halogens is 2. The number of nitrogens with zero attached hydrogens (tertiary/aromatic N) is 2. The minimum absolute atomic E-state index is 0.00687. The van der Waals surface area contributed by atoms with Gasteiger partial charge in [0.1, 0.15) is 10.8 Å². The number of ether oxygens (including phenoxy) is 1. The molecule has 0 aliphatic carbocycles. The minimum atomic E-state index is -3.45. The van der Waals surface area contributed by atoms with E-state index in [-0.39, 0.29) is 16.1 Å². The van der Waals surface area contributed by atoms with Crippen molar-refractivity contribution in [1.82, 2.24) is 9.97 Å². The van der Waals surface area contributed by atoms with Gasteiger partial charge in [-0.15, -0.1) is 0 Å². The average molecular weight is 363 g/mol. The van der Waals surface area contributed by atoms with Gasteiger partial charge in [0.2, 0.25) is 15.3 Å². The molecule has 0 bridgehead atoms. The molecule has 0 spiro atoms. The molecule has 1 aromatic heterocycles. The summed E-state index contributed by atoms with van der Waals surface area (Å²) in [6.45, 7) is 0. The first-order chi connectivity index (χ1) is 10.3. The fraction of sp³-hybridized carbons (Fsp3) is 0.167. The number of hydrogen-bond acceptors (Lipinski definition) is 6. The van der Waals surface area contributed by atoms with E-state index >= 15 is 0 Å². The highest BCUT2D eigenvalue weighted by Gasteiger charge is 2.12. The number of anilines is 3. The van der Waals surface area contributed by atoms with Gasteiger partial charge in [-0.2, -0.15) is 4.98 Å². The zero-order chi connectivity index (χ0) is 16.3. The Labute approximate surface area is 137 Å². The van der Waals surface area contributed by atoms with E-state index in [9.17, 15) is 8.42 Å². The Hall–Kier alpha value is -1.77. The highest BCUT2D eigenvalue weighted by molar-refractivity contribution is 7.92. The van der Waals surface area contributed by atoms with E-state index in [1.54, 1.807) is 18.2 Å². The van der Waals surface area contributed by atoms with Gasteiger partial charge in [0.15, 0.2) is 5.82 Å². The maximum atomic E-state index is 11.4. The molecule has 0 amide bonds. The second-order valence-electron chi connectivity index (χ2n) is 4.25. The molecule has 0 fully saturated rings. The molecule has 0 radical (unpaired) electrons. The zero-order valence-corrected chi connectivity index (χ0v) is 13.9. The van der Waals surface area contributed by atoms with E-state index in [1.165, 1.54) is 13.3 Å². The molecule has 0 saturated heterocycles. The maximum absolute atomic E-state index is 11.4. The summed E-state index contributed by atoms with van der Waals surface area (Å²) in [5.41, 5.74) is 0.718. The van der Waals surface area contributed by atoms with Gasteiger partial charge >= 0.3 is 0 Å². The molecule has 22 heavy (non-hydrogen) atoms. The fourth-order valence-corrected chi connectivity index (χ4v) is 2.45. The van der Waals surface area contributed by atoms with Crippen LogP contribution in [0.5, 0.6) is 5.75 Å². The molecule has 118 valence electrons. The monoisotopic (exact) mass is 362 g/mol.